The van der Waals surface area contributed by atoms with E-state index in [4.69, 9.17) is 10.00 Å². The SMILES string of the molecule is N#Cc1ccccc1NC(=O)COC(=O)c1ccc(N2C(=O)c3cccc4cccc(c34)C2=O)cc1. The summed E-state index contributed by atoms with van der Waals surface area (Å²) in [6, 6.07) is 24.8. The minimum Gasteiger partial charge on any atom is -0.452 e. The number of nitrogens with one attached hydrogen (secondary N) is 1. The van der Waals surface area contributed by atoms with Crippen molar-refractivity contribution >= 4 is 45.8 Å². The highest BCUT2D eigenvalue weighted by Crippen LogP contribution is 2.32. The lowest BCUT2D eigenvalue weighted by Gasteiger charge is -2.27. The molecule has 0 aromatic heterocycles. The van der Waals surface area contributed by atoms with Crippen LogP contribution in [-0.2, 0) is 9.53 Å². The van der Waals surface area contributed by atoms with Crippen molar-refractivity contribution in [2.75, 3.05) is 16.8 Å². The van der Waals surface area contributed by atoms with Crippen LogP contribution in [-0.4, -0.2) is 30.3 Å². The zero-order valence-electron chi connectivity index (χ0n) is 18.7. The number of carbonyl (C=O) groups is 4. The number of anilines is 2. The molecule has 0 bridgehead atoms. The molecule has 8 heteroatoms. The third-order valence-corrected chi connectivity index (χ3v) is 5.79. The Morgan fingerprint density at radius 1 is 0.833 bits per heavy atom. The summed E-state index contributed by atoms with van der Waals surface area (Å²) >= 11 is 0. The van der Waals surface area contributed by atoms with E-state index in [-0.39, 0.29) is 11.1 Å². The van der Waals surface area contributed by atoms with Crippen LogP contribution in [0.1, 0.15) is 36.6 Å². The number of carbonyl (C=O) groups excluding carboxylic acids is 4. The van der Waals surface area contributed by atoms with Crippen LogP contribution in [0.25, 0.3) is 10.8 Å². The number of benzene rings is 4. The van der Waals surface area contributed by atoms with E-state index in [2.05, 4.69) is 5.32 Å². The molecule has 1 aliphatic heterocycles. The van der Waals surface area contributed by atoms with Crippen LogP contribution in [0.15, 0.2) is 84.9 Å². The van der Waals surface area contributed by atoms with Gasteiger partial charge in [-0.05, 0) is 53.9 Å². The molecule has 8 nitrogen and oxygen atoms in total. The van der Waals surface area contributed by atoms with Gasteiger partial charge in [-0.3, -0.25) is 14.4 Å². The molecular weight excluding hydrogens is 458 g/mol. The van der Waals surface area contributed by atoms with E-state index < -0.39 is 30.3 Å². The Kier molecular flexibility index (Phi) is 5.72. The summed E-state index contributed by atoms with van der Waals surface area (Å²) in [5, 5.41) is 13.1. The molecule has 3 amide bonds. The lowest BCUT2D eigenvalue weighted by atomic mass is 9.94. The Balaban J connectivity index is 1.29. The van der Waals surface area contributed by atoms with Crippen LogP contribution in [0.3, 0.4) is 0 Å². The highest BCUT2D eigenvalue weighted by atomic mass is 16.5. The second-order valence-corrected chi connectivity index (χ2v) is 7.98. The fraction of sp³-hybridized carbons (Fsp3) is 0.0357. The first-order valence-corrected chi connectivity index (χ1v) is 10.9. The monoisotopic (exact) mass is 475 g/mol. The van der Waals surface area contributed by atoms with Crippen molar-refractivity contribution in [3.05, 3.63) is 107 Å². The van der Waals surface area contributed by atoms with Gasteiger partial charge in [-0.25, -0.2) is 9.69 Å². The molecule has 0 spiro atoms. The third-order valence-electron chi connectivity index (χ3n) is 5.79. The van der Waals surface area contributed by atoms with Gasteiger partial charge in [0.05, 0.1) is 22.5 Å². The zero-order chi connectivity index (χ0) is 25.2. The number of hydrogen-bond acceptors (Lipinski definition) is 6. The maximum Gasteiger partial charge on any atom is 0.338 e. The molecule has 0 saturated carbocycles. The van der Waals surface area contributed by atoms with E-state index >= 15 is 0 Å². The van der Waals surface area contributed by atoms with E-state index in [0.29, 0.717) is 27.9 Å². The van der Waals surface area contributed by atoms with Crippen molar-refractivity contribution in [1.29, 1.82) is 5.26 Å². The lowest BCUT2D eigenvalue weighted by Crippen LogP contribution is -2.40. The van der Waals surface area contributed by atoms with E-state index in [0.717, 1.165) is 10.3 Å². The molecule has 4 aromatic rings. The van der Waals surface area contributed by atoms with E-state index in [1.807, 2.05) is 18.2 Å². The summed E-state index contributed by atoms with van der Waals surface area (Å²) in [6.07, 6.45) is 0. The predicted octanol–water partition coefficient (Wildman–Crippen LogP) is 4.31. The topological polar surface area (TPSA) is 117 Å². The molecule has 1 heterocycles. The molecule has 1 N–H and O–H groups in total. The fourth-order valence-electron chi connectivity index (χ4n) is 4.10. The number of ether oxygens (including phenoxy) is 1. The number of hydrogen-bond donors (Lipinski definition) is 1. The molecule has 0 atom stereocenters. The number of imide groups is 1. The molecule has 0 fully saturated rings. The summed E-state index contributed by atoms with van der Waals surface area (Å²) < 4.78 is 5.07. The molecule has 4 aromatic carbocycles. The summed E-state index contributed by atoms with van der Waals surface area (Å²) in [6.45, 7) is -0.551. The van der Waals surface area contributed by atoms with Crippen LogP contribution in [0.5, 0.6) is 0 Å². The number of para-hydroxylation sites is 1. The summed E-state index contributed by atoms with van der Waals surface area (Å²) in [7, 11) is 0. The number of nitrogens with zero attached hydrogens (tertiary/aromatic N) is 2. The summed E-state index contributed by atoms with van der Waals surface area (Å²) in [5.41, 5.74) is 1.90. The van der Waals surface area contributed by atoms with Crippen molar-refractivity contribution in [3.8, 4) is 6.07 Å². The van der Waals surface area contributed by atoms with Gasteiger partial charge in [0.25, 0.3) is 17.7 Å². The average molecular weight is 475 g/mol. The van der Waals surface area contributed by atoms with Crippen molar-refractivity contribution in [3.63, 3.8) is 0 Å². The molecule has 5 rings (SSSR count). The summed E-state index contributed by atoms with van der Waals surface area (Å²) in [4.78, 5) is 52.0. The Hall–Kier alpha value is -5.29. The Morgan fingerprint density at radius 3 is 2.11 bits per heavy atom. The van der Waals surface area contributed by atoms with Crippen molar-refractivity contribution in [1.82, 2.24) is 0 Å². The first kappa shape index (κ1) is 22.5. The smallest absolute Gasteiger partial charge is 0.338 e. The van der Waals surface area contributed by atoms with Gasteiger partial charge < -0.3 is 10.1 Å². The zero-order valence-corrected chi connectivity index (χ0v) is 18.7. The van der Waals surface area contributed by atoms with Gasteiger partial charge in [0.15, 0.2) is 6.61 Å². The Bertz CT molecular complexity index is 1550. The van der Waals surface area contributed by atoms with Crippen LogP contribution in [0.2, 0.25) is 0 Å². The van der Waals surface area contributed by atoms with Gasteiger partial charge in [-0.2, -0.15) is 5.26 Å². The maximum atomic E-state index is 13.2. The molecule has 1 aliphatic rings. The number of nitriles is 1. The van der Waals surface area contributed by atoms with E-state index in [9.17, 15) is 19.2 Å². The largest absolute Gasteiger partial charge is 0.452 e. The van der Waals surface area contributed by atoms with Gasteiger partial charge in [0, 0.05) is 16.5 Å². The minimum atomic E-state index is -0.753. The maximum absolute atomic E-state index is 13.2. The van der Waals surface area contributed by atoms with Crippen molar-refractivity contribution < 1.29 is 23.9 Å². The minimum absolute atomic E-state index is 0.142. The molecule has 174 valence electrons. The van der Waals surface area contributed by atoms with Crippen molar-refractivity contribution in [2.45, 2.75) is 0 Å². The molecule has 0 saturated heterocycles. The van der Waals surface area contributed by atoms with E-state index in [1.54, 1.807) is 48.5 Å². The molecule has 0 aliphatic carbocycles. The second-order valence-electron chi connectivity index (χ2n) is 7.98. The highest BCUT2D eigenvalue weighted by Gasteiger charge is 2.33. The van der Waals surface area contributed by atoms with Crippen LogP contribution in [0, 0.1) is 11.3 Å². The Labute approximate surface area is 205 Å². The normalized spacial score (nSPS) is 12.2. The molecule has 0 unspecified atom stereocenters. The van der Waals surface area contributed by atoms with Crippen LogP contribution in [0.4, 0.5) is 11.4 Å². The Morgan fingerprint density at radius 2 is 1.47 bits per heavy atom. The molecule has 36 heavy (non-hydrogen) atoms. The lowest BCUT2D eigenvalue weighted by molar-refractivity contribution is -0.119. The number of rotatable bonds is 5. The van der Waals surface area contributed by atoms with Crippen LogP contribution < -0.4 is 10.2 Å². The quantitative estimate of drug-likeness (QED) is 0.340. The standard InChI is InChI=1S/C28H17N3O5/c29-15-19-5-1-2-10-23(19)30-24(32)16-36-28(35)18-11-13-20(14-12-18)31-26(33)21-8-3-6-17-7-4-9-22(25(17)21)27(31)34/h1-14H,16H2,(H,30,32). The van der Waals surface area contributed by atoms with Crippen molar-refractivity contribution in [2.24, 2.45) is 0 Å². The van der Waals surface area contributed by atoms with Gasteiger partial charge in [-0.1, -0.05) is 36.4 Å². The molecular formula is C28H17N3O5. The van der Waals surface area contributed by atoms with Crippen LogP contribution >= 0.6 is 0 Å². The first-order chi connectivity index (χ1) is 17.5. The van der Waals surface area contributed by atoms with Gasteiger partial charge in [-0.15, -0.1) is 0 Å². The highest BCUT2D eigenvalue weighted by molar-refractivity contribution is 6.35. The van der Waals surface area contributed by atoms with Gasteiger partial charge in [0.2, 0.25) is 0 Å². The molecule has 0 radical (unpaired) electrons. The third kappa shape index (κ3) is 3.95. The van der Waals surface area contributed by atoms with E-state index in [1.165, 1.54) is 24.3 Å². The number of esters is 1. The van der Waals surface area contributed by atoms with Gasteiger partial charge in [0.1, 0.15) is 6.07 Å². The second kappa shape index (κ2) is 9.16. The van der Waals surface area contributed by atoms with Gasteiger partial charge >= 0.3 is 5.97 Å². The summed E-state index contributed by atoms with van der Waals surface area (Å²) in [5.74, 6) is -2.25. The fourth-order valence-corrected chi connectivity index (χ4v) is 4.10. The average Bonchev–Trinajstić information content (AvgIpc) is 2.91. The number of amides is 3. The first-order valence-electron chi connectivity index (χ1n) is 10.9. The predicted molar refractivity (Wildman–Crippen MR) is 132 cm³/mol.